The van der Waals surface area contributed by atoms with Gasteiger partial charge in [-0.05, 0) is 38.9 Å². The number of piperidine rings is 1. The maximum atomic E-state index is 12.7. The van der Waals surface area contributed by atoms with E-state index in [-0.39, 0.29) is 11.8 Å². The average molecular weight is 388 g/mol. The third-order valence-electron chi connectivity index (χ3n) is 5.31. The number of fused-ring (bicyclic) bond motifs is 1. The van der Waals surface area contributed by atoms with E-state index in [9.17, 15) is 9.90 Å². The largest absolute Gasteiger partial charge is 0.491 e. The molecule has 2 aliphatic rings. The first-order valence-electron chi connectivity index (χ1n) is 9.48. The van der Waals surface area contributed by atoms with E-state index in [4.69, 9.17) is 4.74 Å². The number of rotatable bonds is 4. The molecule has 1 aromatic carbocycles. The zero-order chi connectivity index (χ0) is 18.8. The van der Waals surface area contributed by atoms with Gasteiger partial charge >= 0.3 is 0 Å². The minimum Gasteiger partial charge on any atom is -0.491 e. The Morgan fingerprint density at radius 2 is 2.19 bits per heavy atom. The molecule has 3 heterocycles. The molecule has 0 aliphatic carbocycles. The Labute approximate surface area is 163 Å². The number of amides is 1. The molecule has 2 aromatic rings. The van der Waals surface area contributed by atoms with Gasteiger partial charge in [-0.15, -0.1) is 11.3 Å². The molecule has 1 atom stereocenters. The predicted octanol–water partition coefficient (Wildman–Crippen LogP) is 3.12. The normalized spacial score (nSPS) is 20.7. The average Bonchev–Trinajstić information content (AvgIpc) is 3.08. The SMILES string of the molecule is Cc1nc(CN2CCC(C(=O)Nc3cccc4c3OCCC4O)CC2)cs1. The second kappa shape index (κ2) is 7.96. The number of thiazole rings is 1. The molecule has 0 saturated carbocycles. The number of likely N-dealkylation sites (tertiary alicyclic amines) is 1. The Bertz CT molecular complexity index is 815. The van der Waals surface area contributed by atoms with Crippen LogP contribution in [0.15, 0.2) is 23.6 Å². The van der Waals surface area contributed by atoms with Gasteiger partial charge in [-0.2, -0.15) is 0 Å². The lowest BCUT2D eigenvalue weighted by atomic mass is 9.95. The van der Waals surface area contributed by atoms with Crippen LogP contribution in [0.4, 0.5) is 5.69 Å². The maximum absolute atomic E-state index is 12.7. The fourth-order valence-electron chi connectivity index (χ4n) is 3.80. The summed E-state index contributed by atoms with van der Waals surface area (Å²) >= 11 is 1.68. The van der Waals surface area contributed by atoms with Crippen molar-refractivity contribution in [3.8, 4) is 5.75 Å². The Kier molecular flexibility index (Phi) is 5.43. The molecular weight excluding hydrogens is 362 g/mol. The molecular formula is C20H25N3O3S. The zero-order valence-corrected chi connectivity index (χ0v) is 16.3. The van der Waals surface area contributed by atoms with Crippen LogP contribution in [-0.4, -0.2) is 40.6 Å². The first-order chi connectivity index (χ1) is 13.1. The number of para-hydroxylation sites is 1. The summed E-state index contributed by atoms with van der Waals surface area (Å²) in [4.78, 5) is 19.6. The van der Waals surface area contributed by atoms with Crippen LogP contribution in [-0.2, 0) is 11.3 Å². The van der Waals surface area contributed by atoms with Crippen LogP contribution in [0.1, 0.15) is 41.6 Å². The number of carbonyl (C=O) groups excluding carboxylic acids is 1. The second-order valence-corrected chi connectivity index (χ2v) is 8.34. The fourth-order valence-corrected chi connectivity index (χ4v) is 4.41. The van der Waals surface area contributed by atoms with Gasteiger partial charge in [-0.3, -0.25) is 9.69 Å². The van der Waals surface area contributed by atoms with Gasteiger partial charge < -0.3 is 15.2 Å². The van der Waals surface area contributed by atoms with Crippen LogP contribution in [0.2, 0.25) is 0 Å². The van der Waals surface area contributed by atoms with Crippen LogP contribution >= 0.6 is 11.3 Å². The van der Waals surface area contributed by atoms with Crippen molar-refractivity contribution in [1.82, 2.24) is 9.88 Å². The molecule has 2 N–H and O–H groups in total. The Balaban J connectivity index is 1.34. The van der Waals surface area contributed by atoms with Crippen molar-refractivity contribution < 1.29 is 14.6 Å². The molecule has 6 nitrogen and oxygen atoms in total. The molecule has 0 bridgehead atoms. The van der Waals surface area contributed by atoms with E-state index >= 15 is 0 Å². The van der Waals surface area contributed by atoms with Crippen molar-refractivity contribution in [2.24, 2.45) is 5.92 Å². The fraction of sp³-hybridized carbons (Fsp3) is 0.500. The Hall–Kier alpha value is -1.96. The van der Waals surface area contributed by atoms with Crippen LogP contribution in [0, 0.1) is 12.8 Å². The van der Waals surface area contributed by atoms with Gasteiger partial charge in [0.25, 0.3) is 0 Å². The number of aliphatic hydroxyl groups is 1. The van der Waals surface area contributed by atoms with Crippen molar-refractivity contribution in [3.63, 3.8) is 0 Å². The number of nitrogens with zero attached hydrogens (tertiary/aromatic N) is 2. The van der Waals surface area contributed by atoms with Crippen LogP contribution in [0.3, 0.4) is 0 Å². The van der Waals surface area contributed by atoms with Crippen molar-refractivity contribution in [2.75, 3.05) is 25.0 Å². The summed E-state index contributed by atoms with van der Waals surface area (Å²) in [6.07, 6.45) is 1.74. The summed E-state index contributed by atoms with van der Waals surface area (Å²) in [5.41, 5.74) is 2.54. The monoisotopic (exact) mass is 387 g/mol. The number of hydrogen-bond acceptors (Lipinski definition) is 6. The number of aromatic nitrogens is 1. The van der Waals surface area contributed by atoms with Crippen molar-refractivity contribution >= 4 is 22.9 Å². The summed E-state index contributed by atoms with van der Waals surface area (Å²) in [5, 5.41) is 16.3. The third-order valence-corrected chi connectivity index (χ3v) is 6.13. The summed E-state index contributed by atoms with van der Waals surface area (Å²) in [7, 11) is 0. The molecule has 1 saturated heterocycles. The van der Waals surface area contributed by atoms with Gasteiger partial charge in [0.15, 0.2) is 0 Å². The van der Waals surface area contributed by atoms with E-state index in [0.717, 1.165) is 48.7 Å². The quantitative estimate of drug-likeness (QED) is 0.843. The Morgan fingerprint density at radius 3 is 2.93 bits per heavy atom. The first kappa shape index (κ1) is 18.4. The number of hydrogen-bond donors (Lipinski definition) is 2. The molecule has 4 rings (SSSR count). The molecule has 1 aromatic heterocycles. The van der Waals surface area contributed by atoms with E-state index in [0.29, 0.717) is 24.5 Å². The molecule has 7 heteroatoms. The summed E-state index contributed by atoms with van der Waals surface area (Å²) < 4.78 is 5.71. The molecule has 144 valence electrons. The number of benzene rings is 1. The van der Waals surface area contributed by atoms with Crippen molar-refractivity contribution in [1.29, 1.82) is 0 Å². The Morgan fingerprint density at radius 1 is 1.37 bits per heavy atom. The minimum atomic E-state index is -0.525. The van der Waals surface area contributed by atoms with E-state index in [1.165, 1.54) is 0 Å². The topological polar surface area (TPSA) is 74.7 Å². The number of nitrogens with one attached hydrogen (secondary N) is 1. The number of aryl methyl sites for hydroxylation is 1. The molecule has 1 fully saturated rings. The van der Waals surface area contributed by atoms with Crippen LogP contribution < -0.4 is 10.1 Å². The maximum Gasteiger partial charge on any atom is 0.227 e. The standard InChI is InChI=1S/C20H25N3O3S/c1-13-21-15(12-27-13)11-23-8-5-14(6-9-23)20(25)22-17-4-2-3-16-18(24)7-10-26-19(16)17/h2-4,12,14,18,24H,5-11H2,1H3,(H,22,25). The number of carbonyl (C=O) groups is 1. The number of anilines is 1. The lowest BCUT2D eigenvalue weighted by Crippen LogP contribution is -2.38. The van der Waals surface area contributed by atoms with E-state index in [1.54, 1.807) is 11.3 Å². The smallest absolute Gasteiger partial charge is 0.227 e. The molecule has 0 radical (unpaired) electrons. The first-order valence-corrected chi connectivity index (χ1v) is 10.4. The van der Waals surface area contributed by atoms with Gasteiger partial charge in [-0.25, -0.2) is 4.98 Å². The molecule has 2 aliphatic heterocycles. The zero-order valence-electron chi connectivity index (χ0n) is 15.5. The van der Waals surface area contributed by atoms with Gasteiger partial charge in [0.2, 0.25) is 5.91 Å². The molecule has 0 spiro atoms. The summed E-state index contributed by atoms with van der Waals surface area (Å²) in [5.74, 6) is 0.653. The van der Waals surface area contributed by atoms with E-state index in [2.05, 4.69) is 20.6 Å². The molecule has 1 amide bonds. The summed E-state index contributed by atoms with van der Waals surface area (Å²) in [6.45, 7) is 5.15. The van der Waals surface area contributed by atoms with Gasteiger partial charge in [0.1, 0.15) is 5.75 Å². The lowest BCUT2D eigenvalue weighted by Gasteiger charge is -2.31. The third kappa shape index (κ3) is 4.15. The van der Waals surface area contributed by atoms with Crippen molar-refractivity contribution in [2.45, 2.75) is 38.8 Å². The second-order valence-electron chi connectivity index (χ2n) is 7.27. The highest BCUT2D eigenvalue weighted by atomic mass is 32.1. The molecule has 1 unspecified atom stereocenters. The van der Waals surface area contributed by atoms with Crippen molar-refractivity contribution in [3.05, 3.63) is 39.8 Å². The highest BCUT2D eigenvalue weighted by molar-refractivity contribution is 7.09. The van der Waals surface area contributed by atoms with Crippen LogP contribution in [0.25, 0.3) is 0 Å². The van der Waals surface area contributed by atoms with E-state index < -0.39 is 6.10 Å². The van der Waals surface area contributed by atoms with Crippen LogP contribution in [0.5, 0.6) is 5.75 Å². The predicted molar refractivity (Wildman–Crippen MR) is 105 cm³/mol. The summed E-state index contributed by atoms with van der Waals surface area (Å²) in [6, 6.07) is 5.55. The number of aliphatic hydroxyl groups excluding tert-OH is 1. The van der Waals surface area contributed by atoms with Gasteiger partial charge in [0, 0.05) is 29.8 Å². The minimum absolute atomic E-state index is 0.00258. The number of ether oxygens (including phenoxy) is 1. The van der Waals surface area contributed by atoms with Gasteiger partial charge in [-0.1, -0.05) is 12.1 Å². The molecule has 27 heavy (non-hydrogen) atoms. The van der Waals surface area contributed by atoms with E-state index in [1.807, 2.05) is 25.1 Å². The highest BCUT2D eigenvalue weighted by Crippen LogP contribution is 2.38. The highest BCUT2D eigenvalue weighted by Gasteiger charge is 2.27. The van der Waals surface area contributed by atoms with Gasteiger partial charge in [0.05, 0.1) is 29.1 Å². The lowest BCUT2D eigenvalue weighted by molar-refractivity contribution is -0.121.